The first-order valence-electron chi connectivity index (χ1n) is 9.88. The lowest BCUT2D eigenvalue weighted by Crippen LogP contribution is -2.47. The normalized spacial score (nSPS) is 15.2. The molecular formula is C21H28ClN3O4S. The van der Waals surface area contributed by atoms with E-state index in [0.29, 0.717) is 11.6 Å². The number of nitrogens with one attached hydrogen (secondary N) is 1. The number of hydrogen-bond donors (Lipinski definition) is 1. The molecule has 1 N–H and O–H groups in total. The summed E-state index contributed by atoms with van der Waals surface area (Å²) in [6.07, 6.45) is 0.719. The van der Waals surface area contributed by atoms with Gasteiger partial charge in [0, 0.05) is 37.7 Å². The fraction of sp³-hybridized carbons (Fsp3) is 0.429. The van der Waals surface area contributed by atoms with Gasteiger partial charge in [0.1, 0.15) is 16.4 Å². The third kappa shape index (κ3) is 5.57. The molecule has 0 aromatic heterocycles. The van der Waals surface area contributed by atoms with Gasteiger partial charge < -0.3 is 14.4 Å². The number of ether oxygens (including phenoxy) is 2. The lowest BCUT2D eigenvalue weighted by Gasteiger charge is -2.36. The van der Waals surface area contributed by atoms with Crippen molar-refractivity contribution in [2.75, 3.05) is 58.4 Å². The summed E-state index contributed by atoms with van der Waals surface area (Å²) in [4.78, 5) is 4.73. The van der Waals surface area contributed by atoms with Crippen molar-refractivity contribution in [2.45, 2.75) is 11.3 Å². The maximum Gasteiger partial charge on any atom is 0.244 e. The molecule has 1 saturated heterocycles. The highest BCUT2D eigenvalue weighted by molar-refractivity contribution is 7.89. The largest absolute Gasteiger partial charge is 0.495 e. The molecule has 0 unspecified atom stereocenters. The summed E-state index contributed by atoms with van der Waals surface area (Å²) in [6.45, 7) is 4.84. The molecule has 1 heterocycles. The smallest absolute Gasteiger partial charge is 0.244 e. The van der Waals surface area contributed by atoms with Gasteiger partial charge in [0.25, 0.3) is 0 Å². The number of hydrogen-bond acceptors (Lipinski definition) is 6. The standard InChI is InChI=1S/C21H28ClN3O4S/c1-28-19-7-4-3-6-18(19)25-14-12-24(13-15-25)11-5-10-23-30(26,27)21-16-17(22)8-9-20(21)29-2/h3-4,6-9,16,23H,5,10-15H2,1-2H3. The quantitative estimate of drug-likeness (QED) is 0.589. The number of halogens is 1. The first-order valence-corrected chi connectivity index (χ1v) is 11.7. The van der Waals surface area contributed by atoms with Crippen LogP contribution in [0.4, 0.5) is 5.69 Å². The number of para-hydroxylation sites is 2. The van der Waals surface area contributed by atoms with E-state index >= 15 is 0 Å². The van der Waals surface area contributed by atoms with Crippen molar-refractivity contribution in [3.8, 4) is 11.5 Å². The van der Waals surface area contributed by atoms with Crippen molar-refractivity contribution < 1.29 is 17.9 Å². The number of anilines is 1. The summed E-state index contributed by atoms with van der Waals surface area (Å²) in [5.41, 5.74) is 1.11. The van der Waals surface area contributed by atoms with Gasteiger partial charge in [-0.25, -0.2) is 13.1 Å². The molecule has 1 aliphatic heterocycles. The minimum atomic E-state index is -3.68. The highest BCUT2D eigenvalue weighted by Gasteiger charge is 2.21. The zero-order valence-corrected chi connectivity index (χ0v) is 18.9. The summed E-state index contributed by atoms with van der Waals surface area (Å²) in [6, 6.07) is 12.6. The van der Waals surface area contributed by atoms with Gasteiger partial charge >= 0.3 is 0 Å². The van der Waals surface area contributed by atoms with Crippen LogP contribution in [-0.4, -0.2) is 66.8 Å². The van der Waals surface area contributed by atoms with Crippen LogP contribution in [0.15, 0.2) is 47.4 Å². The van der Waals surface area contributed by atoms with Crippen molar-refractivity contribution in [1.82, 2.24) is 9.62 Å². The molecule has 0 spiro atoms. The molecule has 0 aliphatic carbocycles. The maximum absolute atomic E-state index is 12.6. The Balaban J connectivity index is 1.46. The van der Waals surface area contributed by atoms with Crippen molar-refractivity contribution >= 4 is 27.3 Å². The molecule has 0 bridgehead atoms. The van der Waals surface area contributed by atoms with E-state index in [9.17, 15) is 8.42 Å². The Bertz CT molecular complexity index is 947. The Morgan fingerprint density at radius 2 is 1.70 bits per heavy atom. The second-order valence-electron chi connectivity index (χ2n) is 7.05. The van der Waals surface area contributed by atoms with Crippen molar-refractivity contribution in [1.29, 1.82) is 0 Å². The van der Waals surface area contributed by atoms with Crippen LogP contribution in [0.3, 0.4) is 0 Å². The summed E-state index contributed by atoms with van der Waals surface area (Å²) >= 11 is 5.95. The number of sulfonamides is 1. The number of rotatable bonds is 9. The molecule has 1 aliphatic rings. The lowest BCUT2D eigenvalue weighted by atomic mass is 10.2. The van der Waals surface area contributed by atoms with Gasteiger partial charge in [-0.15, -0.1) is 0 Å². The topological polar surface area (TPSA) is 71.1 Å². The minimum absolute atomic E-state index is 0.0583. The van der Waals surface area contributed by atoms with Crippen molar-refractivity contribution in [3.05, 3.63) is 47.5 Å². The molecule has 0 radical (unpaired) electrons. The second kappa shape index (κ2) is 10.3. The Morgan fingerprint density at radius 3 is 2.40 bits per heavy atom. The predicted octanol–water partition coefficient (Wildman–Crippen LogP) is 2.85. The van der Waals surface area contributed by atoms with Crippen LogP contribution >= 0.6 is 11.6 Å². The zero-order valence-electron chi connectivity index (χ0n) is 17.3. The summed E-state index contributed by atoms with van der Waals surface area (Å²) in [5, 5.41) is 0.351. The lowest BCUT2D eigenvalue weighted by molar-refractivity contribution is 0.254. The number of methoxy groups -OCH3 is 2. The van der Waals surface area contributed by atoms with E-state index in [1.165, 1.54) is 13.2 Å². The predicted molar refractivity (Wildman–Crippen MR) is 119 cm³/mol. The van der Waals surface area contributed by atoms with Crippen LogP contribution in [0.1, 0.15) is 6.42 Å². The molecule has 1 fully saturated rings. The minimum Gasteiger partial charge on any atom is -0.495 e. The Hall–Kier alpha value is -2.00. The molecule has 30 heavy (non-hydrogen) atoms. The molecular weight excluding hydrogens is 426 g/mol. The zero-order chi connectivity index (χ0) is 21.6. The molecule has 7 nitrogen and oxygen atoms in total. The SMILES string of the molecule is COc1ccccc1N1CCN(CCCNS(=O)(=O)c2cc(Cl)ccc2OC)CC1. The fourth-order valence-corrected chi connectivity index (χ4v) is 5.05. The van der Waals surface area contributed by atoms with Gasteiger partial charge in [0.05, 0.1) is 19.9 Å². The van der Waals surface area contributed by atoms with Gasteiger partial charge in [-0.1, -0.05) is 23.7 Å². The molecule has 164 valence electrons. The Kier molecular flexibility index (Phi) is 7.82. The molecule has 0 atom stereocenters. The molecule has 2 aromatic carbocycles. The average Bonchev–Trinajstić information content (AvgIpc) is 2.77. The highest BCUT2D eigenvalue weighted by Crippen LogP contribution is 2.28. The van der Waals surface area contributed by atoms with Crippen molar-refractivity contribution in [2.24, 2.45) is 0 Å². The van der Waals surface area contributed by atoms with Crippen LogP contribution in [0, 0.1) is 0 Å². The van der Waals surface area contributed by atoms with Crippen LogP contribution in [-0.2, 0) is 10.0 Å². The maximum atomic E-state index is 12.6. The van der Waals surface area contributed by atoms with E-state index in [0.717, 1.165) is 50.6 Å². The van der Waals surface area contributed by atoms with Gasteiger partial charge in [-0.3, -0.25) is 4.90 Å². The molecule has 3 rings (SSSR count). The highest BCUT2D eigenvalue weighted by atomic mass is 35.5. The van der Waals surface area contributed by atoms with E-state index in [2.05, 4.69) is 20.6 Å². The first-order chi connectivity index (χ1) is 14.4. The van der Waals surface area contributed by atoms with E-state index in [1.54, 1.807) is 19.2 Å². The summed E-state index contributed by atoms with van der Waals surface area (Å²) in [5.74, 6) is 1.16. The van der Waals surface area contributed by atoms with Gasteiger partial charge in [0.15, 0.2) is 0 Å². The fourth-order valence-electron chi connectivity index (χ4n) is 3.55. The summed E-state index contributed by atoms with van der Waals surface area (Å²) < 4.78 is 38.4. The van der Waals surface area contributed by atoms with Gasteiger partial charge in [-0.2, -0.15) is 0 Å². The number of piperazine rings is 1. The Morgan fingerprint density at radius 1 is 1.00 bits per heavy atom. The van der Waals surface area contributed by atoms with Crippen LogP contribution in [0.25, 0.3) is 0 Å². The van der Waals surface area contributed by atoms with E-state index in [-0.39, 0.29) is 10.6 Å². The van der Waals surface area contributed by atoms with Crippen molar-refractivity contribution in [3.63, 3.8) is 0 Å². The Labute approximate surface area is 183 Å². The molecule has 0 amide bonds. The van der Waals surface area contributed by atoms with E-state index in [4.69, 9.17) is 21.1 Å². The average molecular weight is 454 g/mol. The van der Waals surface area contributed by atoms with Gasteiger partial charge in [0.2, 0.25) is 10.0 Å². The molecule has 2 aromatic rings. The summed E-state index contributed by atoms with van der Waals surface area (Å²) in [7, 11) is -0.554. The third-order valence-electron chi connectivity index (χ3n) is 5.16. The van der Waals surface area contributed by atoms with E-state index < -0.39 is 10.0 Å². The van der Waals surface area contributed by atoms with E-state index in [1.807, 2.05) is 18.2 Å². The number of nitrogens with zero attached hydrogens (tertiary/aromatic N) is 2. The third-order valence-corrected chi connectivity index (χ3v) is 6.87. The van der Waals surface area contributed by atoms with Gasteiger partial charge in [-0.05, 0) is 43.3 Å². The molecule has 0 saturated carbocycles. The number of benzene rings is 2. The van der Waals surface area contributed by atoms with Crippen LogP contribution < -0.4 is 19.1 Å². The molecule has 9 heteroatoms. The monoisotopic (exact) mass is 453 g/mol. The van der Waals surface area contributed by atoms with Crippen LogP contribution in [0.5, 0.6) is 11.5 Å². The van der Waals surface area contributed by atoms with Crippen LogP contribution in [0.2, 0.25) is 5.02 Å². The second-order valence-corrected chi connectivity index (χ2v) is 9.22. The first kappa shape index (κ1) is 22.7.